The maximum absolute atomic E-state index is 12.3. The van der Waals surface area contributed by atoms with Crippen LogP contribution in [0.3, 0.4) is 0 Å². The Bertz CT molecular complexity index is 827. The van der Waals surface area contributed by atoms with E-state index in [4.69, 9.17) is 0 Å². The summed E-state index contributed by atoms with van der Waals surface area (Å²) in [5, 5.41) is 8.37. The van der Waals surface area contributed by atoms with Crippen LogP contribution in [0.5, 0.6) is 0 Å². The molecule has 1 aliphatic heterocycles. The van der Waals surface area contributed by atoms with Crippen molar-refractivity contribution in [1.29, 1.82) is 0 Å². The summed E-state index contributed by atoms with van der Waals surface area (Å²) in [7, 11) is 1.58. The van der Waals surface area contributed by atoms with E-state index in [9.17, 15) is 9.59 Å². The summed E-state index contributed by atoms with van der Waals surface area (Å²) < 4.78 is 0. The first-order valence-electron chi connectivity index (χ1n) is 9.46. The van der Waals surface area contributed by atoms with Gasteiger partial charge < -0.3 is 20.9 Å². The molecule has 0 saturated carbocycles. The number of carbonyl (C=O) groups excluding carboxylic acids is 2. The Morgan fingerprint density at radius 3 is 2.79 bits per heavy atom. The third kappa shape index (κ3) is 4.97. The third-order valence-corrected chi connectivity index (χ3v) is 4.88. The zero-order chi connectivity index (χ0) is 19.9. The Hall–Kier alpha value is -3.16. The Kier molecular flexibility index (Phi) is 6.41. The van der Waals surface area contributed by atoms with Crippen LogP contribution in [0.1, 0.15) is 28.8 Å². The second-order valence-corrected chi connectivity index (χ2v) is 6.95. The molecule has 0 radical (unpaired) electrons. The maximum Gasteiger partial charge on any atom is 0.319 e. The highest BCUT2D eigenvalue weighted by atomic mass is 16.2. The van der Waals surface area contributed by atoms with Gasteiger partial charge >= 0.3 is 6.03 Å². The summed E-state index contributed by atoms with van der Waals surface area (Å²) in [5.74, 6) is 0.883. The van der Waals surface area contributed by atoms with Crippen molar-refractivity contribution in [1.82, 2.24) is 20.6 Å². The molecular weight excluding hydrogens is 356 g/mol. The molecule has 8 nitrogen and oxygen atoms in total. The molecule has 1 atom stereocenters. The van der Waals surface area contributed by atoms with Gasteiger partial charge in [-0.05, 0) is 49.4 Å². The predicted octanol–water partition coefficient (Wildman–Crippen LogP) is 2.18. The minimum absolute atomic E-state index is 0.186. The van der Waals surface area contributed by atoms with Crippen molar-refractivity contribution in [3.05, 3.63) is 47.8 Å². The van der Waals surface area contributed by atoms with Gasteiger partial charge in [-0.3, -0.25) is 4.79 Å². The van der Waals surface area contributed by atoms with Gasteiger partial charge in [-0.1, -0.05) is 6.07 Å². The molecule has 3 amide bonds. The lowest BCUT2D eigenvalue weighted by Gasteiger charge is -2.32. The predicted molar refractivity (Wildman–Crippen MR) is 109 cm³/mol. The number of aryl methyl sites for hydroxylation is 1. The Morgan fingerprint density at radius 2 is 2.04 bits per heavy atom. The van der Waals surface area contributed by atoms with Gasteiger partial charge in [-0.15, -0.1) is 0 Å². The minimum atomic E-state index is -0.273. The molecule has 0 bridgehead atoms. The first-order valence-corrected chi connectivity index (χ1v) is 9.46. The molecule has 148 valence electrons. The van der Waals surface area contributed by atoms with E-state index in [0.29, 0.717) is 23.7 Å². The fraction of sp³-hybridized carbons (Fsp3) is 0.400. The van der Waals surface area contributed by atoms with Gasteiger partial charge in [0.25, 0.3) is 5.91 Å². The SMILES string of the molecule is CNC(=O)c1ccc(C)c(NC(=O)NCC2CCCN(c3ncccn3)C2)c1. The van der Waals surface area contributed by atoms with Crippen LogP contribution >= 0.6 is 0 Å². The molecule has 8 heteroatoms. The van der Waals surface area contributed by atoms with Crippen LogP contribution in [-0.4, -0.2) is 48.6 Å². The number of nitrogens with zero attached hydrogens (tertiary/aromatic N) is 3. The monoisotopic (exact) mass is 382 g/mol. The lowest BCUT2D eigenvalue weighted by Crippen LogP contribution is -2.42. The van der Waals surface area contributed by atoms with E-state index in [0.717, 1.165) is 37.4 Å². The number of aromatic nitrogens is 2. The van der Waals surface area contributed by atoms with Gasteiger partial charge in [0, 0.05) is 50.3 Å². The van der Waals surface area contributed by atoms with E-state index in [1.165, 1.54) is 0 Å². The Balaban J connectivity index is 1.54. The number of piperidine rings is 1. The lowest BCUT2D eigenvalue weighted by atomic mass is 9.98. The van der Waals surface area contributed by atoms with Gasteiger partial charge in [0.05, 0.1) is 0 Å². The second-order valence-electron chi connectivity index (χ2n) is 6.95. The van der Waals surface area contributed by atoms with Crippen molar-refractivity contribution in [2.75, 3.05) is 36.9 Å². The van der Waals surface area contributed by atoms with Gasteiger partial charge in [0.1, 0.15) is 0 Å². The first kappa shape index (κ1) is 19.6. The summed E-state index contributed by atoms with van der Waals surface area (Å²) in [4.78, 5) is 34.9. The van der Waals surface area contributed by atoms with Crippen molar-refractivity contribution < 1.29 is 9.59 Å². The molecule has 1 aliphatic rings. The molecule has 1 aromatic carbocycles. The van der Waals surface area contributed by atoms with Crippen molar-refractivity contribution in [2.45, 2.75) is 19.8 Å². The number of carbonyl (C=O) groups is 2. The Morgan fingerprint density at radius 1 is 1.25 bits per heavy atom. The van der Waals surface area contributed by atoms with Crippen LogP contribution < -0.4 is 20.9 Å². The molecule has 2 heterocycles. The summed E-state index contributed by atoms with van der Waals surface area (Å²) in [5.41, 5.74) is 2.03. The number of urea groups is 1. The Labute approximate surface area is 164 Å². The van der Waals surface area contributed by atoms with Crippen LogP contribution in [0.25, 0.3) is 0 Å². The zero-order valence-electron chi connectivity index (χ0n) is 16.2. The van der Waals surface area contributed by atoms with Crippen molar-refractivity contribution >= 4 is 23.6 Å². The summed E-state index contributed by atoms with van der Waals surface area (Å²) in [6.45, 7) is 4.21. The number of amides is 3. The zero-order valence-corrected chi connectivity index (χ0v) is 16.2. The number of nitrogens with one attached hydrogen (secondary N) is 3. The van der Waals surface area contributed by atoms with Crippen molar-refractivity contribution in [3.8, 4) is 0 Å². The number of benzene rings is 1. The molecular formula is C20H26N6O2. The molecule has 1 fully saturated rings. The number of anilines is 2. The molecule has 1 saturated heterocycles. The fourth-order valence-corrected chi connectivity index (χ4v) is 3.31. The molecule has 3 N–H and O–H groups in total. The smallest absolute Gasteiger partial charge is 0.319 e. The van der Waals surface area contributed by atoms with E-state index >= 15 is 0 Å². The van der Waals surface area contributed by atoms with Gasteiger partial charge in [-0.2, -0.15) is 0 Å². The highest BCUT2D eigenvalue weighted by Gasteiger charge is 2.22. The van der Waals surface area contributed by atoms with Crippen molar-refractivity contribution in [3.63, 3.8) is 0 Å². The summed E-state index contributed by atoms with van der Waals surface area (Å²) in [6.07, 6.45) is 5.58. The van der Waals surface area contributed by atoms with Crippen LogP contribution in [0.4, 0.5) is 16.4 Å². The number of hydrogen-bond donors (Lipinski definition) is 3. The largest absolute Gasteiger partial charge is 0.355 e. The van der Waals surface area contributed by atoms with E-state index < -0.39 is 0 Å². The molecule has 0 aliphatic carbocycles. The standard InChI is InChI=1S/C20H26N6O2/c1-14-6-7-16(18(27)21-2)11-17(14)25-20(28)24-12-15-5-3-10-26(13-15)19-22-8-4-9-23-19/h4,6-9,11,15H,3,5,10,12-13H2,1-2H3,(H,21,27)(H2,24,25,28). The van der Waals surface area contributed by atoms with Crippen molar-refractivity contribution in [2.24, 2.45) is 5.92 Å². The summed E-state index contributed by atoms with van der Waals surface area (Å²) >= 11 is 0. The quantitative estimate of drug-likeness (QED) is 0.736. The fourth-order valence-electron chi connectivity index (χ4n) is 3.31. The summed E-state index contributed by atoms with van der Waals surface area (Å²) in [6, 6.07) is 6.77. The second kappa shape index (κ2) is 9.16. The molecule has 3 rings (SSSR count). The first-order chi connectivity index (χ1) is 13.6. The molecule has 1 unspecified atom stereocenters. The van der Waals surface area contributed by atoms with E-state index in [-0.39, 0.29) is 11.9 Å². The maximum atomic E-state index is 12.3. The van der Waals surface area contributed by atoms with E-state index in [1.54, 1.807) is 37.6 Å². The van der Waals surface area contributed by atoms with Gasteiger partial charge in [-0.25, -0.2) is 14.8 Å². The van der Waals surface area contributed by atoms with E-state index in [1.807, 2.05) is 13.0 Å². The van der Waals surface area contributed by atoms with Crippen LogP contribution in [0.2, 0.25) is 0 Å². The molecule has 1 aromatic heterocycles. The average molecular weight is 382 g/mol. The van der Waals surface area contributed by atoms with Crippen LogP contribution in [0, 0.1) is 12.8 Å². The van der Waals surface area contributed by atoms with Crippen LogP contribution in [0.15, 0.2) is 36.7 Å². The molecule has 0 spiro atoms. The lowest BCUT2D eigenvalue weighted by molar-refractivity contribution is 0.0963. The number of rotatable bonds is 5. The normalized spacial score (nSPS) is 16.4. The minimum Gasteiger partial charge on any atom is -0.355 e. The topological polar surface area (TPSA) is 99.2 Å². The van der Waals surface area contributed by atoms with Gasteiger partial charge in [0.2, 0.25) is 5.95 Å². The molecule has 28 heavy (non-hydrogen) atoms. The molecule has 2 aromatic rings. The highest BCUT2D eigenvalue weighted by molar-refractivity contribution is 5.97. The third-order valence-electron chi connectivity index (χ3n) is 4.88. The van der Waals surface area contributed by atoms with Gasteiger partial charge in [0.15, 0.2) is 0 Å². The highest BCUT2D eigenvalue weighted by Crippen LogP contribution is 2.20. The van der Waals surface area contributed by atoms with E-state index in [2.05, 4.69) is 30.8 Å². The van der Waals surface area contributed by atoms with Crippen LogP contribution in [-0.2, 0) is 0 Å². The average Bonchev–Trinajstić information content (AvgIpc) is 2.74. The number of hydrogen-bond acceptors (Lipinski definition) is 5.